The van der Waals surface area contributed by atoms with Crippen LogP contribution in [0.25, 0.3) is 10.8 Å². The Hall–Kier alpha value is -0.606. The monoisotopic (exact) mass is 397 g/mol. The average Bonchev–Trinajstić information content (AvgIpc) is 2.93. The molecule has 0 heterocycles. The van der Waals surface area contributed by atoms with Gasteiger partial charge in [0.1, 0.15) is 0 Å². The predicted molar refractivity (Wildman–Crippen MR) is 88.4 cm³/mol. The normalized spacial score (nSPS) is 15.5. The zero-order chi connectivity index (χ0) is 14.8. The molecule has 0 saturated heterocycles. The quantitative estimate of drug-likeness (QED) is 0.575. The molecule has 3 rings (SSSR count). The molecule has 0 fully saturated rings. The van der Waals surface area contributed by atoms with Crippen molar-refractivity contribution in [2.75, 3.05) is 20.6 Å². The zero-order valence-corrected chi connectivity index (χ0v) is 16.9. The molecule has 1 unspecified atom stereocenters. The van der Waals surface area contributed by atoms with E-state index in [4.69, 9.17) is 0 Å². The van der Waals surface area contributed by atoms with E-state index >= 15 is 0 Å². The third-order valence-corrected chi connectivity index (χ3v) is 4.00. The Morgan fingerprint density at radius 2 is 1.75 bits per heavy atom. The van der Waals surface area contributed by atoms with Crippen molar-refractivity contribution in [2.45, 2.75) is 12.5 Å². The Morgan fingerprint density at radius 3 is 2.42 bits per heavy atom. The summed E-state index contributed by atoms with van der Waals surface area (Å²) in [5.74, 6) is 0.270. The van der Waals surface area contributed by atoms with Gasteiger partial charge >= 0.3 is 21.7 Å². The first kappa shape index (κ1) is 23.4. The number of aliphatic hydroxyl groups is 1. The molecule has 1 aliphatic rings. The van der Waals surface area contributed by atoms with Crippen molar-refractivity contribution in [1.82, 2.24) is 4.90 Å². The molecule has 1 atom stereocenters. The van der Waals surface area contributed by atoms with Gasteiger partial charge in [-0.15, -0.1) is 0 Å². The number of nitrogens with zero attached hydrogens (tertiary/aromatic N) is 1. The Morgan fingerprint density at radius 1 is 1.04 bits per heavy atom. The molecule has 126 valence electrons. The summed E-state index contributed by atoms with van der Waals surface area (Å²) in [7, 11) is 4.16. The molecule has 2 nitrogen and oxygen atoms in total. The number of aliphatic hydroxyl groups excluding tert-OH is 1. The van der Waals surface area contributed by atoms with Crippen molar-refractivity contribution in [3.05, 3.63) is 71.3 Å². The van der Waals surface area contributed by atoms with Gasteiger partial charge in [-0.3, -0.25) is 0 Å². The van der Waals surface area contributed by atoms with E-state index in [1.165, 1.54) is 16.5 Å². The largest absolute Gasteiger partial charge is 2.00 e. The van der Waals surface area contributed by atoms with Crippen LogP contribution in [-0.4, -0.2) is 30.6 Å². The van der Waals surface area contributed by atoms with Crippen molar-refractivity contribution in [1.29, 1.82) is 0 Å². The summed E-state index contributed by atoms with van der Waals surface area (Å²) in [6.45, 7) is 1.03. The van der Waals surface area contributed by atoms with Gasteiger partial charge in [-0.05, 0) is 41.6 Å². The minimum absolute atomic E-state index is 0. The first-order valence-corrected chi connectivity index (χ1v) is 7.34. The van der Waals surface area contributed by atoms with E-state index in [0.29, 0.717) is 0 Å². The van der Waals surface area contributed by atoms with Crippen LogP contribution in [0.2, 0.25) is 0 Å². The number of hydrogen-bond acceptors (Lipinski definition) is 2. The average molecular weight is 398 g/mol. The molecule has 0 saturated carbocycles. The third-order valence-electron chi connectivity index (χ3n) is 4.00. The summed E-state index contributed by atoms with van der Waals surface area (Å²) in [5, 5.41) is 12.2. The van der Waals surface area contributed by atoms with Gasteiger partial charge in [0.15, 0.2) is 0 Å². The summed E-state index contributed by atoms with van der Waals surface area (Å²) in [6.07, 6.45) is 6.71. The van der Waals surface area contributed by atoms with Crippen LogP contribution in [0.1, 0.15) is 17.0 Å². The van der Waals surface area contributed by atoms with Crippen molar-refractivity contribution in [3.8, 4) is 0 Å². The number of likely N-dealkylation sites (N-methyl/N-ethyl adjacent to an activating group) is 1. The summed E-state index contributed by atoms with van der Waals surface area (Å²) >= 11 is 0. The topological polar surface area (TPSA) is 23.5 Å². The van der Waals surface area contributed by atoms with E-state index in [-0.39, 0.29) is 59.1 Å². The number of benzene rings is 2. The van der Waals surface area contributed by atoms with Crippen LogP contribution in [0, 0.1) is 0 Å². The van der Waals surface area contributed by atoms with Gasteiger partial charge in [-0.2, -0.15) is 0 Å². The maximum atomic E-state index is 9.84. The minimum Gasteiger partial charge on any atom is -1.00 e. The third kappa shape index (κ3) is 4.95. The predicted octanol–water partition coefficient (Wildman–Crippen LogP) is -2.52. The molecule has 0 bridgehead atoms. The number of fused-ring (bicyclic) bond motifs is 1. The van der Waals surface area contributed by atoms with Crippen LogP contribution in [-0.2, 0) is 28.3 Å². The molecule has 2 aromatic rings. The Balaban J connectivity index is 0.00000176. The molecule has 24 heavy (non-hydrogen) atoms. The Kier molecular flexibility index (Phi) is 10.1. The van der Waals surface area contributed by atoms with E-state index in [1.54, 1.807) is 0 Å². The molecule has 1 N–H and O–H groups in total. The molecule has 0 amide bonds. The molecule has 0 radical (unpaired) electrons. The zero-order valence-electron chi connectivity index (χ0n) is 13.8. The van der Waals surface area contributed by atoms with Crippen LogP contribution in [0.4, 0.5) is 0 Å². The van der Waals surface area contributed by atoms with Gasteiger partial charge in [0.2, 0.25) is 0 Å². The fourth-order valence-corrected chi connectivity index (χ4v) is 3.07. The van der Waals surface area contributed by atoms with Gasteiger partial charge < -0.3 is 34.8 Å². The van der Waals surface area contributed by atoms with Gasteiger partial charge in [0.25, 0.3) is 0 Å². The second-order valence-corrected chi connectivity index (χ2v) is 5.88. The standard InChI is InChI=1S/C19H21NO.2ClH.Ti/c1-20(2)12-14-7-8-16(11-14)18-10-9-15-5-3-4-6-17(15)19(18)13-21;;;/h3-11,16,21H,12-13H2,1-2H3;2*1H;/q;;;+2/p-2. The van der Waals surface area contributed by atoms with Gasteiger partial charge in [-0.25, -0.2) is 0 Å². The molecule has 1 aliphatic carbocycles. The fraction of sp³-hybridized carbons (Fsp3) is 0.263. The van der Waals surface area contributed by atoms with E-state index in [2.05, 4.69) is 61.5 Å². The second-order valence-electron chi connectivity index (χ2n) is 5.88. The molecule has 2 aromatic carbocycles. The molecular formula is C19H21Cl2NOTi. The minimum atomic E-state index is 0. The van der Waals surface area contributed by atoms with Crippen LogP contribution in [0.3, 0.4) is 0 Å². The molecular weight excluding hydrogens is 377 g/mol. The summed E-state index contributed by atoms with van der Waals surface area (Å²) in [5.41, 5.74) is 3.59. The van der Waals surface area contributed by atoms with Crippen molar-refractivity contribution < 1.29 is 51.6 Å². The second kappa shape index (κ2) is 10.4. The van der Waals surface area contributed by atoms with Gasteiger partial charge in [-0.1, -0.05) is 54.6 Å². The van der Waals surface area contributed by atoms with Crippen LogP contribution < -0.4 is 24.8 Å². The first-order chi connectivity index (χ1) is 10.2. The molecule has 0 aliphatic heterocycles. The van der Waals surface area contributed by atoms with Gasteiger partial charge in [0, 0.05) is 12.5 Å². The smallest absolute Gasteiger partial charge is 1.00 e. The molecule has 0 aromatic heterocycles. The fourth-order valence-electron chi connectivity index (χ4n) is 3.07. The SMILES string of the molecule is CN(C)CC1=CC(c2ccc3ccccc3c2CO)C=C1.[Cl-].[Cl-].[Ti+2]. The van der Waals surface area contributed by atoms with E-state index in [1.807, 2.05) is 12.1 Å². The summed E-state index contributed by atoms with van der Waals surface area (Å²) in [4.78, 5) is 2.17. The van der Waals surface area contributed by atoms with Crippen LogP contribution in [0.15, 0.2) is 60.2 Å². The number of rotatable bonds is 4. The maximum Gasteiger partial charge on any atom is 2.00 e. The van der Waals surface area contributed by atoms with Crippen molar-refractivity contribution in [3.63, 3.8) is 0 Å². The molecule has 5 heteroatoms. The van der Waals surface area contributed by atoms with E-state index in [9.17, 15) is 5.11 Å². The summed E-state index contributed by atoms with van der Waals surface area (Å²) in [6, 6.07) is 12.5. The number of allylic oxidation sites excluding steroid dienone is 2. The van der Waals surface area contributed by atoms with E-state index < -0.39 is 0 Å². The molecule has 0 spiro atoms. The number of halogens is 2. The summed E-state index contributed by atoms with van der Waals surface area (Å²) < 4.78 is 0. The Bertz CT molecular complexity index is 728. The van der Waals surface area contributed by atoms with Gasteiger partial charge in [0.05, 0.1) is 6.61 Å². The van der Waals surface area contributed by atoms with Crippen LogP contribution in [0.5, 0.6) is 0 Å². The van der Waals surface area contributed by atoms with Crippen molar-refractivity contribution >= 4 is 10.8 Å². The van der Waals surface area contributed by atoms with E-state index in [0.717, 1.165) is 17.5 Å². The first-order valence-electron chi connectivity index (χ1n) is 7.34. The van der Waals surface area contributed by atoms with Crippen LogP contribution >= 0.6 is 0 Å². The number of hydrogen-bond donors (Lipinski definition) is 1. The van der Waals surface area contributed by atoms with Crippen molar-refractivity contribution in [2.24, 2.45) is 0 Å². The maximum absolute atomic E-state index is 9.84. The Labute approximate surface area is 171 Å².